The second-order valence-corrected chi connectivity index (χ2v) is 10.1. The molecular weight excluding hydrogens is 460 g/mol. The van der Waals surface area contributed by atoms with Crippen molar-refractivity contribution in [2.45, 2.75) is 11.8 Å². The second-order valence-electron chi connectivity index (χ2n) is 8.12. The van der Waals surface area contributed by atoms with Crippen molar-refractivity contribution in [2.24, 2.45) is 4.99 Å². The van der Waals surface area contributed by atoms with Gasteiger partial charge in [-0.2, -0.15) is 0 Å². The number of amides is 1. The molecule has 7 heteroatoms. The molecular formula is C27H20N4OS2. The molecule has 0 radical (unpaired) electrons. The topological polar surface area (TPSA) is 48.8 Å². The van der Waals surface area contributed by atoms with Crippen LogP contribution in [0, 0.1) is 6.92 Å². The highest BCUT2D eigenvalue weighted by molar-refractivity contribution is 8.20. The van der Waals surface area contributed by atoms with Gasteiger partial charge in [-0.3, -0.25) is 14.7 Å². The van der Waals surface area contributed by atoms with Gasteiger partial charge in [-0.15, -0.1) is 0 Å². The van der Waals surface area contributed by atoms with E-state index in [-0.39, 0.29) is 5.91 Å². The van der Waals surface area contributed by atoms with Gasteiger partial charge >= 0.3 is 0 Å². The van der Waals surface area contributed by atoms with E-state index in [4.69, 9.17) is 4.99 Å². The van der Waals surface area contributed by atoms with E-state index in [2.05, 4.69) is 22.0 Å². The first kappa shape index (κ1) is 21.0. The first-order chi connectivity index (χ1) is 16.6. The Morgan fingerprint density at radius 3 is 2.65 bits per heavy atom. The third-order valence-corrected chi connectivity index (χ3v) is 8.18. The maximum atomic E-state index is 13.8. The summed E-state index contributed by atoms with van der Waals surface area (Å²) in [4.78, 5) is 28.8. The van der Waals surface area contributed by atoms with Crippen molar-refractivity contribution in [1.29, 1.82) is 0 Å². The summed E-state index contributed by atoms with van der Waals surface area (Å²) in [7, 11) is 2.01. The molecule has 0 unspecified atom stereocenters. The van der Waals surface area contributed by atoms with Crippen LogP contribution in [0.3, 0.4) is 0 Å². The van der Waals surface area contributed by atoms with Gasteiger partial charge in [-0.25, -0.2) is 4.99 Å². The van der Waals surface area contributed by atoms with Crippen LogP contribution in [0.2, 0.25) is 0 Å². The van der Waals surface area contributed by atoms with Gasteiger partial charge in [0.1, 0.15) is 4.91 Å². The van der Waals surface area contributed by atoms with Gasteiger partial charge in [0.2, 0.25) is 0 Å². The summed E-state index contributed by atoms with van der Waals surface area (Å²) >= 11 is 3.06. The van der Waals surface area contributed by atoms with Crippen molar-refractivity contribution in [3.63, 3.8) is 0 Å². The smallest absolute Gasteiger partial charge is 0.274 e. The molecule has 0 bridgehead atoms. The number of thioether (sulfide) groups is 2. The summed E-state index contributed by atoms with van der Waals surface area (Å²) in [5, 5.41) is 2.59. The van der Waals surface area contributed by atoms with Gasteiger partial charge in [0, 0.05) is 23.5 Å². The summed E-state index contributed by atoms with van der Waals surface area (Å²) in [5.74, 6) is -0.0565. The van der Waals surface area contributed by atoms with Gasteiger partial charge in [0.05, 0.1) is 27.6 Å². The van der Waals surface area contributed by atoms with Crippen LogP contribution in [0.25, 0.3) is 10.9 Å². The van der Waals surface area contributed by atoms with Gasteiger partial charge in [-0.1, -0.05) is 42.1 Å². The zero-order chi connectivity index (χ0) is 23.2. The van der Waals surface area contributed by atoms with E-state index < -0.39 is 0 Å². The van der Waals surface area contributed by atoms with Crippen LogP contribution in [0.4, 0.5) is 17.1 Å². The van der Waals surface area contributed by atoms with Crippen LogP contribution in [-0.4, -0.2) is 23.1 Å². The number of aryl methyl sites for hydroxylation is 1. The van der Waals surface area contributed by atoms with Gasteiger partial charge < -0.3 is 4.90 Å². The quantitative estimate of drug-likeness (QED) is 0.298. The molecule has 166 valence electrons. The normalized spacial score (nSPS) is 18.9. The average molecular weight is 481 g/mol. The summed E-state index contributed by atoms with van der Waals surface area (Å²) in [6.45, 7) is 2.03. The molecule has 1 fully saturated rings. The number of para-hydroxylation sites is 1. The van der Waals surface area contributed by atoms with E-state index in [9.17, 15) is 4.79 Å². The number of amidine groups is 1. The van der Waals surface area contributed by atoms with Crippen molar-refractivity contribution >= 4 is 62.6 Å². The molecule has 2 aliphatic heterocycles. The Hall–Kier alpha value is -3.55. The first-order valence-electron chi connectivity index (χ1n) is 10.9. The molecule has 4 aromatic rings. The SMILES string of the molecule is Cc1cccc(N2C(=O)C(=C3Sc4ccccc4N3C)SC2=Nc2ccc3ncccc3c2)c1. The summed E-state index contributed by atoms with van der Waals surface area (Å²) < 4.78 is 0. The molecule has 0 saturated carbocycles. The molecule has 0 spiro atoms. The van der Waals surface area contributed by atoms with E-state index in [1.54, 1.807) is 22.9 Å². The van der Waals surface area contributed by atoms with Gasteiger partial charge in [-0.05, 0) is 72.8 Å². The number of carbonyl (C=O) groups is 1. The summed E-state index contributed by atoms with van der Waals surface area (Å²) in [6.07, 6.45) is 1.78. The lowest BCUT2D eigenvalue weighted by Crippen LogP contribution is -2.29. The lowest BCUT2D eigenvalue weighted by Gasteiger charge is -2.17. The summed E-state index contributed by atoms with van der Waals surface area (Å²) in [5.41, 5.74) is 4.72. The van der Waals surface area contributed by atoms with Crippen molar-refractivity contribution < 1.29 is 4.79 Å². The Kier molecular flexibility index (Phi) is 5.16. The molecule has 0 N–H and O–H groups in total. The molecule has 1 amide bonds. The standard InChI is InChI=1S/C27H20N4OS2/c1-17-7-5-9-20(15-17)31-25(32)24(26-30(2)22-10-3-4-11-23(22)33-26)34-27(31)29-19-12-13-21-18(16-19)8-6-14-28-21/h3-16H,1-2H3. The number of benzene rings is 3. The summed E-state index contributed by atoms with van der Waals surface area (Å²) in [6, 6.07) is 26.0. The van der Waals surface area contributed by atoms with Crippen LogP contribution >= 0.6 is 23.5 Å². The Balaban J connectivity index is 1.48. The van der Waals surface area contributed by atoms with E-state index in [0.717, 1.165) is 43.5 Å². The molecule has 6 rings (SSSR count). The molecule has 5 nitrogen and oxygen atoms in total. The van der Waals surface area contributed by atoms with Crippen LogP contribution in [0.1, 0.15) is 5.56 Å². The Labute approximate surface area is 206 Å². The van der Waals surface area contributed by atoms with Crippen molar-refractivity contribution in [2.75, 3.05) is 16.8 Å². The number of hydrogen-bond donors (Lipinski definition) is 0. The Bertz CT molecular complexity index is 1530. The number of carbonyl (C=O) groups excluding carboxylic acids is 1. The molecule has 0 aliphatic carbocycles. The number of rotatable bonds is 2. The highest BCUT2D eigenvalue weighted by atomic mass is 32.2. The minimum Gasteiger partial charge on any atom is -0.337 e. The molecule has 3 heterocycles. The zero-order valence-electron chi connectivity index (χ0n) is 18.6. The molecule has 34 heavy (non-hydrogen) atoms. The van der Waals surface area contributed by atoms with E-state index >= 15 is 0 Å². The third-order valence-electron chi connectivity index (χ3n) is 5.79. The average Bonchev–Trinajstić information content (AvgIpc) is 3.35. The number of fused-ring (bicyclic) bond motifs is 2. The zero-order valence-corrected chi connectivity index (χ0v) is 20.2. The number of pyridine rings is 1. The van der Waals surface area contributed by atoms with E-state index in [1.165, 1.54) is 11.8 Å². The third kappa shape index (κ3) is 3.57. The number of nitrogens with zero attached hydrogens (tertiary/aromatic N) is 4. The number of hydrogen-bond acceptors (Lipinski definition) is 6. The lowest BCUT2D eigenvalue weighted by atomic mass is 10.2. The molecule has 1 aromatic heterocycles. The van der Waals surface area contributed by atoms with Crippen LogP contribution in [0.5, 0.6) is 0 Å². The fraction of sp³-hybridized carbons (Fsp3) is 0.0741. The number of anilines is 2. The molecule has 0 atom stereocenters. The minimum absolute atomic E-state index is 0.0565. The van der Waals surface area contributed by atoms with E-state index in [1.807, 2.05) is 80.7 Å². The maximum absolute atomic E-state index is 13.8. The predicted octanol–water partition coefficient (Wildman–Crippen LogP) is 6.72. The maximum Gasteiger partial charge on any atom is 0.274 e. The monoisotopic (exact) mass is 480 g/mol. The fourth-order valence-corrected chi connectivity index (χ4v) is 6.46. The van der Waals surface area contributed by atoms with Crippen molar-refractivity contribution in [3.05, 3.63) is 101 Å². The molecule has 1 saturated heterocycles. The van der Waals surface area contributed by atoms with Crippen molar-refractivity contribution in [1.82, 2.24) is 4.98 Å². The van der Waals surface area contributed by atoms with Crippen molar-refractivity contribution in [3.8, 4) is 0 Å². The minimum atomic E-state index is -0.0565. The predicted molar refractivity (Wildman–Crippen MR) is 143 cm³/mol. The fourth-order valence-electron chi connectivity index (χ4n) is 4.12. The molecule has 2 aliphatic rings. The second kappa shape index (κ2) is 8.34. The van der Waals surface area contributed by atoms with Crippen LogP contribution < -0.4 is 9.80 Å². The number of aromatic nitrogens is 1. The van der Waals surface area contributed by atoms with E-state index in [0.29, 0.717) is 10.1 Å². The Morgan fingerprint density at radius 1 is 0.912 bits per heavy atom. The highest BCUT2D eigenvalue weighted by Gasteiger charge is 2.40. The number of aliphatic imine (C=N–C) groups is 1. The largest absolute Gasteiger partial charge is 0.337 e. The van der Waals surface area contributed by atoms with Gasteiger partial charge in [0.15, 0.2) is 5.17 Å². The first-order valence-corrected chi connectivity index (χ1v) is 12.5. The lowest BCUT2D eigenvalue weighted by molar-refractivity contribution is -0.113. The highest BCUT2D eigenvalue weighted by Crippen LogP contribution is 2.50. The van der Waals surface area contributed by atoms with Gasteiger partial charge in [0.25, 0.3) is 5.91 Å². The van der Waals surface area contributed by atoms with Crippen LogP contribution in [0.15, 0.2) is 105 Å². The Morgan fingerprint density at radius 2 is 1.79 bits per heavy atom. The van der Waals surface area contributed by atoms with Crippen LogP contribution in [-0.2, 0) is 4.79 Å². The molecule has 3 aromatic carbocycles.